The summed E-state index contributed by atoms with van der Waals surface area (Å²) in [5.74, 6) is 2.35. The Morgan fingerprint density at radius 3 is 2.58 bits per heavy atom. The lowest BCUT2D eigenvalue weighted by molar-refractivity contribution is 0.0293. The van der Waals surface area contributed by atoms with E-state index in [9.17, 15) is 5.11 Å². The van der Waals surface area contributed by atoms with Gasteiger partial charge in [-0.25, -0.2) is 9.97 Å². The van der Waals surface area contributed by atoms with Crippen molar-refractivity contribution in [2.75, 3.05) is 29.9 Å². The van der Waals surface area contributed by atoms with Gasteiger partial charge in [0.25, 0.3) is 0 Å². The van der Waals surface area contributed by atoms with Crippen LogP contribution >= 0.6 is 0 Å². The molecule has 3 aliphatic rings. The maximum atomic E-state index is 11.1. The Morgan fingerprint density at radius 2 is 1.73 bits per heavy atom. The van der Waals surface area contributed by atoms with Gasteiger partial charge in [0.05, 0.1) is 6.10 Å². The third-order valence-electron chi connectivity index (χ3n) is 7.39. The molecule has 1 aliphatic carbocycles. The molecule has 3 aromatic rings. The number of β-amino-alcohol motifs (C(OH)–C–C–N with tert-alkyl or cyclic N) is 1. The molecule has 6 rings (SSSR count). The standard InChI is InChI=1S/C27H31N5O/c33-25-17-32(14-12-24(25)31-13-11-19-5-1-2-6-21(19)16-31)27-15-26(28-18-29-27)30-23-8-4-3-7-22(23)20-9-10-20/h1-8,15,18,20,24-25,33H,9-14,16-17H2,(H,28,29,30). The quantitative estimate of drug-likeness (QED) is 0.622. The van der Waals surface area contributed by atoms with E-state index in [-0.39, 0.29) is 6.04 Å². The van der Waals surface area contributed by atoms with E-state index >= 15 is 0 Å². The van der Waals surface area contributed by atoms with Gasteiger partial charge < -0.3 is 15.3 Å². The van der Waals surface area contributed by atoms with Crippen molar-refractivity contribution in [3.05, 3.63) is 77.6 Å². The number of aliphatic hydroxyl groups is 1. The minimum absolute atomic E-state index is 0.194. The van der Waals surface area contributed by atoms with Gasteiger partial charge in [0.2, 0.25) is 0 Å². The summed E-state index contributed by atoms with van der Waals surface area (Å²) in [6.45, 7) is 3.42. The molecule has 1 saturated carbocycles. The molecule has 0 amide bonds. The number of anilines is 3. The highest BCUT2D eigenvalue weighted by Crippen LogP contribution is 2.43. The number of aromatic nitrogens is 2. The van der Waals surface area contributed by atoms with E-state index in [1.54, 1.807) is 6.33 Å². The van der Waals surface area contributed by atoms with Gasteiger partial charge in [0.15, 0.2) is 0 Å². The molecule has 6 nitrogen and oxygen atoms in total. The number of hydrogen-bond acceptors (Lipinski definition) is 6. The number of nitrogens with zero attached hydrogens (tertiary/aromatic N) is 4. The van der Waals surface area contributed by atoms with Gasteiger partial charge in [0, 0.05) is 44.0 Å². The number of para-hydroxylation sites is 1. The van der Waals surface area contributed by atoms with Crippen LogP contribution in [0.2, 0.25) is 0 Å². The predicted molar refractivity (Wildman–Crippen MR) is 131 cm³/mol. The number of hydrogen-bond donors (Lipinski definition) is 2. The van der Waals surface area contributed by atoms with Crippen LogP contribution in [-0.2, 0) is 13.0 Å². The summed E-state index contributed by atoms with van der Waals surface area (Å²) >= 11 is 0. The molecule has 1 saturated heterocycles. The molecule has 2 atom stereocenters. The summed E-state index contributed by atoms with van der Waals surface area (Å²) in [4.78, 5) is 13.6. The van der Waals surface area contributed by atoms with Crippen molar-refractivity contribution in [1.29, 1.82) is 0 Å². The normalized spacial score (nSPS) is 23.2. The second-order valence-electron chi connectivity index (χ2n) is 9.61. The molecule has 2 aliphatic heterocycles. The van der Waals surface area contributed by atoms with Crippen LogP contribution in [0.4, 0.5) is 17.3 Å². The van der Waals surface area contributed by atoms with Gasteiger partial charge in [-0.3, -0.25) is 4.90 Å². The van der Waals surface area contributed by atoms with Crippen LogP contribution in [0, 0.1) is 0 Å². The lowest BCUT2D eigenvalue weighted by Crippen LogP contribution is -2.55. The Hall–Kier alpha value is -2.96. The highest BCUT2D eigenvalue weighted by molar-refractivity contribution is 5.64. The van der Waals surface area contributed by atoms with Crippen LogP contribution in [0.25, 0.3) is 0 Å². The van der Waals surface area contributed by atoms with Gasteiger partial charge in [-0.15, -0.1) is 0 Å². The highest BCUT2D eigenvalue weighted by Gasteiger charge is 2.34. The Balaban J connectivity index is 1.13. The van der Waals surface area contributed by atoms with Gasteiger partial charge in [-0.1, -0.05) is 42.5 Å². The molecule has 0 spiro atoms. The van der Waals surface area contributed by atoms with Crippen LogP contribution in [0.1, 0.15) is 41.9 Å². The fraction of sp³-hybridized carbons (Fsp3) is 0.407. The highest BCUT2D eigenvalue weighted by atomic mass is 16.3. The maximum absolute atomic E-state index is 11.1. The van der Waals surface area contributed by atoms with Crippen molar-refractivity contribution in [1.82, 2.24) is 14.9 Å². The number of aliphatic hydroxyl groups excluding tert-OH is 1. The number of fused-ring (bicyclic) bond motifs is 1. The summed E-state index contributed by atoms with van der Waals surface area (Å²) in [5.41, 5.74) is 5.35. The Labute approximate surface area is 195 Å². The van der Waals surface area contributed by atoms with E-state index in [2.05, 4.69) is 73.6 Å². The summed E-state index contributed by atoms with van der Waals surface area (Å²) < 4.78 is 0. The molecule has 0 bridgehead atoms. The molecule has 2 fully saturated rings. The van der Waals surface area contributed by atoms with Crippen LogP contribution in [-0.4, -0.2) is 51.8 Å². The first-order chi connectivity index (χ1) is 16.2. The van der Waals surface area contributed by atoms with Gasteiger partial charge in [-0.2, -0.15) is 0 Å². The molecule has 6 heteroatoms. The van der Waals surface area contributed by atoms with Crippen LogP contribution in [0.5, 0.6) is 0 Å². The molecule has 2 unspecified atom stereocenters. The monoisotopic (exact) mass is 441 g/mol. The number of piperidine rings is 1. The van der Waals surface area contributed by atoms with Crippen molar-refractivity contribution in [3.63, 3.8) is 0 Å². The minimum Gasteiger partial charge on any atom is -0.390 e. The zero-order chi connectivity index (χ0) is 22.2. The van der Waals surface area contributed by atoms with E-state index in [4.69, 9.17) is 0 Å². The lowest BCUT2D eigenvalue weighted by Gasteiger charge is -2.43. The largest absolute Gasteiger partial charge is 0.390 e. The van der Waals surface area contributed by atoms with E-state index < -0.39 is 6.10 Å². The molecule has 170 valence electrons. The lowest BCUT2D eigenvalue weighted by atomic mass is 9.94. The third-order valence-corrected chi connectivity index (χ3v) is 7.39. The second kappa shape index (κ2) is 8.76. The average Bonchev–Trinajstić information content (AvgIpc) is 3.70. The Morgan fingerprint density at radius 1 is 0.909 bits per heavy atom. The third kappa shape index (κ3) is 4.33. The zero-order valence-electron chi connectivity index (χ0n) is 18.9. The molecule has 33 heavy (non-hydrogen) atoms. The fourth-order valence-corrected chi connectivity index (χ4v) is 5.44. The smallest absolute Gasteiger partial charge is 0.135 e. The van der Waals surface area contributed by atoms with E-state index in [1.165, 1.54) is 29.5 Å². The van der Waals surface area contributed by atoms with E-state index in [1.807, 2.05) is 6.07 Å². The SMILES string of the molecule is OC1CN(c2cc(Nc3ccccc3C3CC3)ncn2)CCC1N1CCc2ccccc2C1. The predicted octanol–water partition coefficient (Wildman–Crippen LogP) is 4.10. The first kappa shape index (κ1) is 20.6. The summed E-state index contributed by atoms with van der Waals surface area (Å²) in [7, 11) is 0. The van der Waals surface area contributed by atoms with Crippen molar-refractivity contribution in [3.8, 4) is 0 Å². The topological polar surface area (TPSA) is 64.5 Å². The molecule has 3 heterocycles. The molecule has 2 N–H and O–H groups in total. The maximum Gasteiger partial charge on any atom is 0.135 e. The van der Waals surface area contributed by atoms with Crippen molar-refractivity contribution in [2.24, 2.45) is 0 Å². The molecule has 0 radical (unpaired) electrons. The zero-order valence-corrected chi connectivity index (χ0v) is 18.9. The summed E-state index contributed by atoms with van der Waals surface area (Å²) in [6.07, 6.45) is 5.75. The summed E-state index contributed by atoms with van der Waals surface area (Å²) in [5, 5.41) is 14.6. The Bertz CT molecular complexity index is 1130. The first-order valence-corrected chi connectivity index (χ1v) is 12.2. The number of nitrogens with one attached hydrogen (secondary N) is 1. The number of rotatable bonds is 5. The Kier molecular flexibility index (Phi) is 5.48. The van der Waals surface area contributed by atoms with Crippen molar-refractivity contribution >= 4 is 17.3 Å². The van der Waals surface area contributed by atoms with Crippen LogP contribution in [0.3, 0.4) is 0 Å². The molecular weight excluding hydrogens is 410 g/mol. The fourth-order valence-electron chi connectivity index (χ4n) is 5.44. The van der Waals surface area contributed by atoms with Crippen molar-refractivity contribution < 1.29 is 5.11 Å². The first-order valence-electron chi connectivity index (χ1n) is 12.2. The van der Waals surface area contributed by atoms with Gasteiger partial charge in [0.1, 0.15) is 18.0 Å². The average molecular weight is 442 g/mol. The van der Waals surface area contributed by atoms with E-state index in [0.29, 0.717) is 12.5 Å². The van der Waals surface area contributed by atoms with Crippen LogP contribution in [0.15, 0.2) is 60.9 Å². The summed E-state index contributed by atoms with van der Waals surface area (Å²) in [6, 6.07) is 19.4. The van der Waals surface area contributed by atoms with Crippen LogP contribution < -0.4 is 10.2 Å². The molecule has 2 aromatic carbocycles. The van der Waals surface area contributed by atoms with Crippen molar-refractivity contribution in [2.45, 2.75) is 50.3 Å². The molecular formula is C27H31N5O. The second-order valence-corrected chi connectivity index (χ2v) is 9.61. The van der Waals surface area contributed by atoms with Gasteiger partial charge >= 0.3 is 0 Å². The molecule has 1 aromatic heterocycles. The number of benzene rings is 2. The minimum atomic E-state index is -0.397. The van der Waals surface area contributed by atoms with E-state index in [0.717, 1.165) is 49.8 Å². The van der Waals surface area contributed by atoms with Gasteiger partial charge in [-0.05, 0) is 54.4 Å².